The van der Waals surface area contributed by atoms with Gasteiger partial charge >= 0.3 is 5.51 Å². The van der Waals surface area contributed by atoms with Crippen LogP contribution in [0.3, 0.4) is 0 Å². The second-order valence-electron chi connectivity index (χ2n) is 5.36. The number of carbonyl (C=O) groups is 1. The topological polar surface area (TPSA) is 68.5 Å². The highest BCUT2D eigenvalue weighted by molar-refractivity contribution is 9.11. The Morgan fingerprint density at radius 2 is 2.00 bits per heavy atom. The van der Waals surface area contributed by atoms with Crippen molar-refractivity contribution in [2.24, 2.45) is 12.0 Å². The van der Waals surface area contributed by atoms with Gasteiger partial charge in [-0.05, 0) is 36.9 Å². The van der Waals surface area contributed by atoms with E-state index in [2.05, 4.69) is 27.5 Å². The number of alkyl halides is 3. The lowest BCUT2D eigenvalue weighted by Crippen LogP contribution is -2.21. The van der Waals surface area contributed by atoms with Crippen molar-refractivity contribution in [1.82, 2.24) is 4.57 Å². The van der Waals surface area contributed by atoms with E-state index in [1.807, 2.05) is 0 Å². The summed E-state index contributed by atoms with van der Waals surface area (Å²) in [5, 5.41) is 0. The molecule has 1 amide bonds. The number of pyridine rings is 1. The van der Waals surface area contributed by atoms with Gasteiger partial charge in [0.25, 0.3) is 5.91 Å². The number of hydrogen-bond acceptors (Lipinski definition) is 4. The van der Waals surface area contributed by atoms with Gasteiger partial charge in [0.1, 0.15) is 5.49 Å². The lowest BCUT2D eigenvalue weighted by atomic mass is 10.2. The van der Waals surface area contributed by atoms with Crippen molar-refractivity contribution in [1.29, 1.82) is 0 Å². The summed E-state index contributed by atoms with van der Waals surface area (Å²) in [6.45, 7) is 6.65. The van der Waals surface area contributed by atoms with Crippen LogP contribution in [-0.2, 0) is 21.7 Å². The molecule has 0 bridgehead atoms. The van der Waals surface area contributed by atoms with E-state index in [0.717, 1.165) is 0 Å². The van der Waals surface area contributed by atoms with Crippen LogP contribution in [0.2, 0.25) is 0 Å². The molecule has 0 unspecified atom stereocenters. The van der Waals surface area contributed by atoms with Crippen molar-refractivity contribution < 1.29 is 26.4 Å². The molecule has 0 saturated heterocycles. The highest BCUT2D eigenvalue weighted by Crippen LogP contribution is 2.36. The average Bonchev–Trinajstić information content (AvgIpc) is 2.59. The second-order valence-corrected chi connectivity index (χ2v) is 9.66. The number of carbonyl (C=O) groups excluding carboxylic acids is 1. The Bertz CT molecular complexity index is 1010. The van der Waals surface area contributed by atoms with Gasteiger partial charge in [-0.15, -0.1) is 0 Å². The van der Waals surface area contributed by atoms with Crippen LogP contribution in [0.5, 0.6) is 0 Å². The number of aryl methyl sites for hydroxylation is 1. The quantitative estimate of drug-likeness (QED) is 0.334. The summed E-state index contributed by atoms with van der Waals surface area (Å²) < 4.78 is 63.6. The Hall–Kier alpha value is -1.59. The van der Waals surface area contributed by atoms with Gasteiger partial charge in [-0.3, -0.25) is 4.79 Å². The molecule has 0 radical (unpaired) electrons. The molecule has 0 aliphatic carbocycles. The first-order chi connectivity index (χ1) is 12.8. The Kier molecular flexibility index (Phi) is 8.51. The van der Waals surface area contributed by atoms with E-state index in [4.69, 9.17) is 0 Å². The highest BCUT2D eigenvalue weighted by atomic mass is 79.9. The lowest BCUT2D eigenvalue weighted by Gasteiger charge is -2.09. The van der Waals surface area contributed by atoms with Gasteiger partial charge in [-0.1, -0.05) is 35.5 Å². The molecular formula is C17H18BrF3N2O3S2. The first-order valence-electron chi connectivity index (χ1n) is 7.77. The van der Waals surface area contributed by atoms with Crippen LogP contribution in [0.1, 0.15) is 13.8 Å². The molecule has 154 valence electrons. The maximum atomic E-state index is 12.5. The first-order valence-corrected chi connectivity index (χ1v) is 11.0. The monoisotopic (exact) mass is 498 g/mol. The number of allylic oxidation sites excluding steroid dienone is 3. The van der Waals surface area contributed by atoms with Gasteiger partial charge in [0, 0.05) is 22.6 Å². The number of halogens is 4. The number of hydrogen-bond donors (Lipinski definition) is 0. The summed E-state index contributed by atoms with van der Waals surface area (Å²) in [5.74, 6) is -1.15. The fraction of sp³-hybridized carbons (Fsp3) is 0.294. The third-order valence-electron chi connectivity index (χ3n) is 3.34. The minimum atomic E-state index is -4.44. The molecule has 0 aromatic carbocycles. The third kappa shape index (κ3) is 7.10. The van der Waals surface area contributed by atoms with E-state index in [9.17, 15) is 26.4 Å². The average molecular weight is 499 g/mol. The van der Waals surface area contributed by atoms with E-state index >= 15 is 0 Å². The molecule has 1 heterocycles. The minimum Gasteiger partial charge on any atom is -0.335 e. The maximum absolute atomic E-state index is 12.5. The number of rotatable bonds is 6. The van der Waals surface area contributed by atoms with Crippen LogP contribution in [0.4, 0.5) is 13.2 Å². The van der Waals surface area contributed by atoms with Crippen LogP contribution in [-0.4, -0.2) is 30.2 Å². The van der Waals surface area contributed by atoms with Crippen molar-refractivity contribution in [2.45, 2.75) is 24.3 Å². The maximum Gasteiger partial charge on any atom is 0.446 e. The summed E-state index contributed by atoms with van der Waals surface area (Å²) in [5.41, 5.74) is -4.73. The van der Waals surface area contributed by atoms with Crippen molar-refractivity contribution in [3.05, 3.63) is 57.5 Å². The zero-order valence-corrected chi connectivity index (χ0v) is 18.5. The smallest absolute Gasteiger partial charge is 0.335 e. The molecule has 1 aromatic heterocycles. The van der Waals surface area contributed by atoms with Crippen LogP contribution in [0.15, 0.2) is 61.9 Å². The lowest BCUT2D eigenvalue weighted by molar-refractivity contribution is -0.114. The van der Waals surface area contributed by atoms with E-state index in [1.165, 1.54) is 42.9 Å². The van der Waals surface area contributed by atoms with E-state index in [0.29, 0.717) is 4.48 Å². The van der Waals surface area contributed by atoms with E-state index in [-0.39, 0.29) is 38.4 Å². The van der Waals surface area contributed by atoms with Crippen molar-refractivity contribution in [2.75, 3.05) is 5.75 Å². The number of nitrogens with zero attached hydrogens (tertiary/aromatic N) is 2. The molecule has 0 N–H and O–H groups in total. The number of aromatic nitrogens is 1. The zero-order valence-electron chi connectivity index (χ0n) is 15.2. The largest absolute Gasteiger partial charge is 0.446 e. The van der Waals surface area contributed by atoms with Gasteiger partial charge < -0.3 is 4.57 Å². The molecule has 1 rings (SSSR count). The Balaban J connectivity index is 3.33. The fourth-order valence-corrected chi connectivity index (χ4v) is 3.96. The van der Waals surface area contributed by atoms with Gasteiger partial charge in [-0.2, -0.15) is 18.2 Å². The molecular weight excluding hydrogens is 481 g/mol. The predicted molar refractivity (Wildman–Crippen MR) is 107 cm³/mol. The van der Waals surface area contributed by atoms with Crippen LogP contribution < -0.4 is 5.49 Å². The predicted octanol–water partition coefficient (Wildman–Crippen LogP) is 4.24. The van der Waals surface area contributed by atoms with Crippen molar-refractivity contribution in [3.8, 4) is 0 Å². The third-order valence-corrected chi connectivity index (χ3v) is 6.53. The first kappa shape index (κ1) is 24.4. The van der Waals surface area contributed by atoms with Gasteiger partial charge in [-0.25, -0.2) is 8.42 Å². The molecule has 0 aliphatic rings. The summed E-state index contributed by atoms with van der Waals surface area (Å²) in [6.07, 6.45) is 4.03. The van der Waals surface area contributed by atoms with Crippen LogP contribution in [0.25, 0.3) is 0 Å². The van der Waals surface area contributed by atoms with E-state index in [1.54, 1.807) is 13.0 Å². The number of sulfone groups is 1. The Morgan fingerprint density at radius 3 is 2.46 bits per heavy atom. The molecule has 5 nitrogen and oxygen atoms in total. The van der Waals surface area contributed by atoms with Gasteiger partial charge in [0.2, 0.25) is 0 Å². The summed E-state index contributed by atoms with van der Waals surface area (Å²) in [4.78, 5) is 15.9. The minimum absolute atomic E-state index is 0.0519. The SMILES string of the molecule is C=C(C(=O)N=c1ccc(SC(F)(F)F)cn1C)/C(=C\C(Br)=C/C)S(=O)(=O)CC. The zero-order chi connectivity index (χ0) is 21.7. The molecule has 1 aromatic rings. The summed E-state index contributed by atoms with van der Waals surface area (Å²) in [6, 6.07) is 2.40. The van der Waals surface area contributed by atoms with Gasteiger partial charge in [0.15, 0.2) is 9.84 Å². The molecule has 0 fully saturated rings. The van der Waals surface area contributed by atoms with E-state index < -0.39 is 21.3 Å². The molecule has 0 spiro atoms. The number of amides is 1. The van der Waals surface area contributed by atoms with Crippen molar-refractivity contribution >= 4 is 43.4 Å². The Labute approximate surface area is 173 Å². The fourth-order valence-electron chi connectivity index (χ4n) is 1.89. The van der Waals surface area contributed by atoms with Crippen LogP contribution in [0, 0.1) is 0 Å². The molecule has 0 aliphatic heterocycles. The normalized spacial score (nSPS) is 14.3. The summed E-state index contributed by atoms with van der Waals surface area (Å²) >= 11 is 2.87. The number of thioether (sulfide) groups is 1. The van der Waals surface area contributed by atoms with Gasteiger partial charge in [0.05, 0.1) is 16.2 Å². The highest BCUT2D eigenvalue weighted by Gasteiger charge is 2.29. The Morgan fingerprint density at radius 1 is 1.39 bits per heavy atom. The standard InChI is InChI=1S/C17H18BrF3N2O3S2/c1-5-12(18)9-14(28(25,26)6-2)11(3)16(24)22-15-8-7-13(10-23(15)4)27-17(19,20)21/h5,7-10H,3,6H2,1-2,4H3/b12-5+,14-9+,22-15?. The van der Waals surface area contributed by atoms with Crippen molar-refractivity contribution in [3.63, 3.8) is 0 Å². The molecule has 11 heteroatoms. The summed E-state index contributed by atoms with van der Waals surface area (Å²) in [7, 11) is -2.34. The molecule has 28 heavy (non-hydrogen) atoms. The van der Waals surface area contributed by atoms with Crippen LogP contribution >= 0.6 is 27.7 Å². The second kappa shape index (κ2) is 9.75. The molecule has 0 saturated carbocycles. The molecule has 0 atom stereocenters.